The lowest BCUT2D eigenvalue weighted by molar-refractivity contribution is 0.519. The third-order valence-corrected chi connectivity index (χ3v) is 4.00. The van der Waals surface area contributed by atoms with Gasteiger partial charge in [0.05, 0.1) is 0 Å². The molecule has 1 unspecified atom stereocenters. The van der Waals surface area contributed by atoms with Gasteiger partial charge in [0.1, 0.15) is 11.6 Å². The SMILES string of the molecule is CCNC(Cc1ccc(F)cc1F)c1cc(Br)ccc1C. The van der Waals surface area contributed by atoms with Crippen molar-refractivity contribution < 1.29 is 8.78 Å². The molecule has 21 heavy (non-hydrogen) atoms. The standard InChI is InChI=1S/C17H18BrF2N/c1-3-21-17(15-9-13(18)6-4-11(15)2)8-12-5-7-14(19)10-16(12)20/h4-7,9-10,17,21H,3,8H2,1-2H3. The van der Waals surface area contributed by atoms with E-state index < -0.39 is 11.6 Å². The minimum absolute atomic E-state index is 0.00698. The third kappa shape index (κ3) is 4.11. The van der Waals surface area contributed by atoms with E-state index in [0.717, 1.165) is 28.2 Å². The van der Waals surface area contributed by atoms with Crippen LogP contribution in [0.4, 0.5) is 8.78 Å². The van der Waals surface area contributed by atoms with Gasteiger partial charge < -0.3 is 5.32 Å². The number of aryl methyl sites for hydroxylation is 1. The van der Waals surface area contributed by atoms with Gasteiger partial charge in [-0.1, -0.05) is 35.0 Å². The first kappa shape index (κ1) is 16.1. The van der Waals surface area contributed by atoms with Crippen LogP contribution >= 0.6 is 15.9 Å². The van der Waals surface area contributed by atoms with Crippen molar-refractivity contribution in [1.82, 2.24) is 5.32 Å². The Morgan fingerprint density at radius 1 is 1.14 bits per heavy atom. The zero-order valence-electron chi connectivity index (χ0n) is 12.1. The van der Waals surface area contributed by atoms with Crippen LogP contribution in [-0.2, 0) is 6.42 Å². The number of likely N-dealkylation sites (N-methyl/N-ethyl adjacent to an activating group) is 1. The first-order chi connectivity index (χ1) is 10.0. The molecule has 0 aliphatic rings. The molecular formula is C17H18BrF2N. The summed E-state index contributed by atoms with van der Waals surface area (Å²) in [6, 6.07) is 9.81. The maximum Gasteiger partial charge on any atom is 0.129 e. The molecule has 0 aliphatic heterocycles. The van der Waals surface area contributed by atoms with Crippen LogP contribution in [0.25, 0.3) is 0 Å². The van der Waals surface area contributed by atoms with Gasteiger partial charge in [0.15, 0.2) is 0 Å². The number of rotatable bonds is 5. The van der Waals surface area contributed by atoms with Gasteiger partial charge in [-0.25, -0.2) is 8.78 Å². The lowest BCUT2D eigenvalue weighted by Gasteiger charge is -2.21. The molecule has 0 aromatic heterocycles. The predicted octanol–water partition coefficient (Wildman–Crippen LogP) is 4.93. The molecule has 112 valence electrons. The molecule has 0 radical (unpaired) electrons. The molecule has 2 aromatic carbocycles. The summed E-state index contributed by atoms with van der Waals surface area (Å²) in [5, 5.41) is 3.38. The molecule has 4 heteroatoms. The second kappa shape index (κ2) is 7.14. The van der Waals surface area contributed by atoms with E-state index in [4.69, 9.17) is 0 Å². The average molecular weight is 354 g/mol. The Bertz CT molecular complexity index is 628. The van der Waals surface area contributed by atoms with Crippen molar-refractivity contribution in [3.8, 4) is 0 Å². The van der Waals surface area contributed by atoms with Crippen LogP contribution in [0, 0.1) is 18.6 Å². The van der Waals surface area contributed by atoms with Crippen molar-refractivity contribution in [3.05, 3.63) is 69.2 Å². The van der Waals surface area contributed by atoms with Crippen LogP contribution in [0.15, 0.2) is 40.9 Å². The van der Waals surface area contributed by atoms with Crippen LogP contribution in [-0.4, -0.2) is 6.54 Å². The van der Waals surface area contributed by atoms with E-state index in [-0.39, 0.29) is 6.04 Å². The summed E-state index contributed by atoms with van der Waals surface area (Å²) < 4.78 is 27.9. The number of nitrogens with one attached hydrogen (secondary N) is 1. The molecule has 0 spiro atoms. The van der Waals surface area contributed by atoms with Crippen LogP contribution < -0.4 is 5.32 Å². The van der Waals surface area contributed by atoms with Gasteiger partial charge in [0.2, 0.25) is 0 Å². The van der Waals surface area contributed by atoms with Gasteiger partial charge in [-0.2, -0.15) is 0 Å². The molecule has 0 heterocycles. The zero-order chi connectivity index (χ0) is 15.4. The maximum atomic E-state index is 13.9. The Balaban J connectivity index is 2.32. The number of hydrogen-bond donors (Lipinski definition) is 1. The van der Waals surface area contributed by atoms with Gasteiger partial charge in [-0.3, -0.25) is 0 Å². The molecule has 0 saturated heterocycles. The van der Waals surface area contributed by atoms with Crippen molar-refractivity contribution in [2.75, 3.05) is 6.54 Å². The lowest BCUT2D eigenvalue weighted by atomic mass is 9.95. The van der Waals surface area contributed by atoms with E-state index in [2.05, 4.69) is 21.2 Å². The summed E-state index contributed by atoms with van der Waals surface area (Å²) in [7, 11) is 0. The minimum atomic E-state index is -0.546. The molecule has 0 saturated carbocycles. The number of hydrogen-bond acceptors (Lipinski definition) is 1. The molecule has 1 N–H and O–H groups in total. The average Bonchev–Trinajstić information content (AvgIpc) is 2.44. The normalized spacial score (nSPS) is 12.4. The van der Waals surface area contributed by atoms with Crippen molar-refractivity contribution in [1.29, 1.82) is 0 Å². The predicted molar refractivity (Wildman–Crippen MR) is 85.4 cm³/mol. The van der Waals surface area contributed by atoms with Gasteiger partial charge in [-0.15, -0.1) is 0 Å². The van der Waals surface area contributed by atoms with Crippen LogP contribution in [0.2, 0.25) is 0 Å². The van der Waals surface area contributed by atoms with E-state index in [9.17, 15) is 8.78 Å². The Morgan fingerprint density at radius 2 is 1.90 bits per heavy atom. The summed E-state index contributed by atoms with van der Waals surface area (Å²) in [5.41, 5.74) is 2.78. The van der Waals surface area contributed by atoms with E-state index in [1.165, 1.54) is 12.1 Å². The second-order valence-corrected chi connectivity index (χ2v) is 5.97. The highest BCUT2D eigenvalue weighted by molar-refractivity contribution is 9.10. The van der Waals surface area contributed by atoms with E-state index in [0.29, 0.717) is 12.0 Å². The van der Waals surface area contributed by atoms with Crippen molar-refractivity contribution in [3.63, 3.8) is 0 Å². The summed E-state index contributed by atoms with van der Waals surface area (Å²) in [6.07, 6.45) is 0.483. The molecule has 1 nitrogen and oxygen atoms in total. The molecule has 1 atom stereocenters. The monoisotopic (exact) mass is 353 g/mol. The molecule has 0 aliphatic carbocycles. The Morgan fingerprint density at radius 3 is 2.57 bits per heavy atom. The summed E-state index contributed by atoms with van der Waals surface area (Å²) in [6.45, 7) is 4.83. The van der Waals surface area contributed by atoms with Crippen LogP contribution in [0.5, 0.6) is 0 Å². The Kier molecular flexibility index (Phi) is 5.48. The maximum absolute atomic E-state index is 13.9. The first-order valence-corrected chi connectivity index (χ1v) is 7.74. The smallest absolute Gasteiger partial charge is 0.129 e. The molecule has 0 amide bonds. The third-order valence-electron chi connectivity index (χ3n) is 3.51. The Hall–Kier alpha value is -1.26. The topological polar surface area (TPSA) is 12.0 Å². The molecule has 0 bridgehead atoms. The van der Waals surface area contributed by atoms with E-state index in [1.807, 2.05) is 32.0 Å². The quantitative estimate of drug-likeness (QED) is 0.803. The van der Waals surface area contributed by atoms with Crippen LogP contribution in [0.3, 0.4) is 0 Å². The van der Waals surface area contributed by atoms with Gasteiger partial charge in [0.25, 0.3) is 0 Å². The van der Waals surface area contributed by atoms with Crippen molar-refractivity contribution >= 4 is 15.9 Å². The summed E-state index contributed by atoms with van der Waals surface area (Å²) in [4.78, 5) is 0. The summed E-state index contributed by atoms with van der Waals surface area (Å²) in [5.74, 6) is -1.04. The lowest BCUT2D eigenvalue weighted by Crippen LogP contribution is -2.24. The van der Waals surface area contributed by atoms with Gasteiger partial charge in [-0.05, 0) is 54.8 Å². The Labute approximate surface area is 132 Å². The largest absolute Gasteiger partial charge is 0.310 e. The second-order valence-electron chi connectivity index (χ2n) is 5.05. The molecule has 2 aromatic rings. The highest BCUT2D eigenvalue weighted by Crippen LogP contribution is 2.26. The fraction of sp³-hybridized carbons (Fsp3) is 0.294. The zero-order valence-corrected chi connectivity index (χ0v) is 13.7. The number of benzene rings is 2. The van der Waals surface area contributed by atoms with Crippen molar-refractivity contribution in [2.24, 2.45) is 0 Å². The van der Waals surface area contributed by atoms with E-state index in [1.54, 1.807) is 0 Å². The fourth-order valence-corrected chi connectivity index (χ4v) is 2.81. The van der Waals surface area contributed by atoms with E-state index >= 15 is 0 Å². The highest BCUT2D eigenvalue weighted by atomic mass is 79.9. The molecule has 2 rings (SSSR count). The van der Waals surface area contributed by atoms with Gasteiger partial charge in [0, 0.05) is 16.6 Å². The van der Waals surface area contributed by atoms with Crippen molar-refractivity contribution in [2.45, 2.75) is 26.3 Å². The van der Waals surface area contributed by atoms with Crippen LogP contribution in [0.1, 0.15) is 29.7 Å². The fourth-order valence-electron chi connectivity index (χ4n) is 2.43. The van der Waals surface area contributed by atoms with Gasteiger partial charge >= 0.3 is 0 Å². The number of halogens is 3. The minimum Gasteiger partial charge on any atom is -0.310 e. The highest BCUT2D eigenvalue weighted by Gasteiger charge is 2.16. The molecular weight excluding hydrogens is 336 g/mol. The summed E-state index contributed by atoms with van der Waals surface area (Å²) >= 11 is 3.47. The molecule has 0 fully saturated rings. The first-order valence-electron chi connectivity index (χ1n) is 6.94.